The van der Waals surface area contributed by atoms with E-state index < -0.39 is 11.7 Å². The van der Waals surface area contributed by atoms with E-state index in [1.165, 1.54) is 6.20 Å². The van der Waals surface area contributed by atoms with Crippen molar-refractivity contribution in [2.75, 3.05) is 0 Å². The van der Waals surface area contributed by atoms with Crippen molar-refractivity contribution < 1.29 is 14.7 Å². The van der Waals surface area contributed by atoms with Gasteiger partial charge in [-0.05, 0) is 41.7 Å². The van der Waals surface area contributed by atoms with Gasteiger partial charge in [0, 0.05) is 5.52 Å². The summed E-state index contributed by atoms with van der Waals surface area (Å²) in [4.78, 5) is 23.8. The number of nitrogens with two attached hydrogens (primary N) is 1. The minimum absolute atomic E-state index is 0.0185. The Kier molecular flexibility index (Phi) is 4.08. The quantitative estimate of drug-likeness (QED) is 0.559. The molecule has 1 aromatic carbocycles. The fourth-order valence-corrected chi connectivity index (χ4v) is 3.10. The highest BCUT2D eigenvalue weighted by Gasteiger charge is 2.25. The predicted molar refractivity (Wildman–Crippen MR) is 91.2 cm³/mol. The van der Waals surface area contributed by atoms with Crippen LogP contribution in [0.3, 0.4) is 0 Å². The standard InChI is InChI=1S/C19H18N2O3/c1-2-14-15(10-12-6-4-3-5-7-12)16-9-8-13(22)11-21(16)17(14)18(23)19(20)24/h3-9,11,22H,2,10H2,1H3,(H2,20,24). The Hall–Kier alpha value is -3.08. The van der Waals surface area contributed by atoms with Crippen molar-refractivity contribution in [3.63, 3.8) is 0 Å². The lowest BCUT2D eigenvalue weighted by molar-refractivity contribution is -0.114. The number of hydrogen-bond acceptors (Lipinski definition) is 3. The summed E-state index contributed by atoms with van der Waals surface area (Å²) in [6, 6.07) is 13.2. The first kappa shape index (κ1) is 15.8. The first-order valence-electron chi connectivity index (χ1n) is 7.75. The number of carbonyl (C=O) groups is 2. The Morgan fingerprint density at radius 1 is 1.08 bits per heavy atom. The number of ketones is 1. The summed E-state index contributed by atoms with van der Waals surface area (Å²) in [7, 11) is 0. The highest BCUT2D eigenvalue weighted by molar-refractivity contribution is 6.42. The number of fused-ring (bicyclic) bond motifs is 1. The Labute approximate surface area is 139 Å². The van der Waals surface area contributed by atoms with Gasteiger partial charge in [0.2, 0.25) is 0 Å². The van der Waals surface area contributed by atoms with Crippen molar-refractivity contribution in [1.29, 1.82) is 0 Å². The number of Topliss-reactive ketones (excluding diaryl/α,β-unsaturated/α-hetero) is 1. The van der Waals surface area contributed by atoms with Crippen LogP contribution in [0.2, 0.25) is 0 Å². The van der Waals surface area contributed by atoms with Gasteiger partial charge in [-0.1, -0.05) is 37.3 Å². The molecule has 2 heterocycles. The lowest BCUT2D eigenvalue weighted by Gasteiger charge is -2.04. The van der Waals surface area contributed by atoms with Crippen molar-refractivity contribution in [2.45, 2.75) is 19.8 Å². The van der Waals surface area contributed by atoms with Crippen molar-refractivity contribution in [1.82, 2.24) is 4.40 Å². The van der Waals surface area contributed by atoms with Crippen molar-refractivity contribution in [3.05, 3.63) is 71.0 Å². The molecular weight excluding hydrogens is 304 g/mol. The molecule has 3 N–H and O–H groups in total. The number of aromatic nitrogens is 1. The van der Waals surface area contributed by atoms with Crippen LogP contribution in [0.25, 0.3) is 5.52 Å². The van der Waals surface area contributed by atoms with Crippen LogP contribution in [-0.4, -0.2) is 21.2 Å². The van der Waals surface area contributed by atoms with Crippen LogP contribution in [0.15, 0.2) is 48.7 Å². The van der Waals surface area contributed by atoms with E-state index in [0.29, 0.717) is 12.8 Å². The van der Waals surface area contributed by atoms with E-state index in [0.717, 1.165) is 22.2 Å². The molecule has 0 radical (unpaired) electrons. The molecule has 0 aliphatic carbocycles. The van der Waals surface area contributed by atoms with Crippen LogP contribution in [0.5, 0.6) is 5.75 Å². The molecule has 2 aromatic heterocycles. The molecule has 0 unspecified atom stereocenters. The van der Waals surface area contributed by atoms with Gasteiger partial charge in [0.1, 0.15) is 11.4 Å². The lowest BCUT2D eigenvalue weighted by atomic mass is 9.98. The van der Waals surface area contributed by atoms with Gasteiger partial charge in [-0.2, -0.15) is 0 Å². The molecule has 0 aliphatic rings. The molecule has 0 spiro atoms. The summed E-state index contributed by atoms with van der Waals surface area (Å²) >= 11 is 0. The number of amides is 1. The summed E-state index contributed by atoms with van der Waals surface area (Å²) < 4.78 is 1.57. The Bertz CT molecular complexity index is 927. The molecule has 0 fully saturated rings. The smallest absolute Gasteiger partial charge is 0.291 e. The number of primary amides is 1. The fourth-order valence-electron chi connectivity index (χ4n) is 3.10. The average molecular weight is 322 g/mol. The van der Waals surface area contributed by atoms with Crippen LogP contribution >= 0.6 is 0 Å². The molecule has 3 aromatic rings. The summed E-state index contributed by atoms with van der Waals surface area (Å²) in [6.07, 6.45) is 2.66. The van der Waals surface area contributed by atoms with Crippen LogP contribution in [0, 0.1) is 0 Å². The monoisotopic (exact) mass is 322 g/mol. The van der Waals surface area contributed by atoms with E-state index >= 15 is 0 Å². The number of pyridine rings is 1. The third kappa shape index (κ3) is 2.65. The molecule has 0 bridgehead atoms. The van der Waals surface area contributed by atoms with E-state index in [1.54, 1.807) is 16.5 Å². The van der Waals surface area contributed by atoms with Gasteiger partial charge < -0.3 is 15.2 Å². The molecule has 5 heteroatoms. The first-order valence-corrected chi connectivity index (χ1v) is 7.75. The van der Waals surface area contributed by atoms with Crippen LogP contribution in [0.1, 0.15) is 34.1 Å². The second kappa shape index (κ2) is 6.20. The molecule has 0 saturated carbocycles. The van der Waals surface area contributed by atoms with Crippen LogP contribution < -0.4 is 5.73 Å². The molecule has 24 heavy (non-hydrogen) atoms. The molecular formula is C19H18N2O3. The third-order valence-corrected chi connectivity index (χ3v) is 4.15. The van der Waals surface area contributed by atoms with E-state index in [9.17, 15) is 14.7 Å². The van der Waals surface area contributed by atoms with Crippen LogP contribution in [0.4, 0.5) is 0 Å². The zero-order valence-electron chi connectivity index (χ0n) is 13.3. The molecule has 3 rings (SSSR count). The Balaban J connectivity index is 2.28. The van der Waals surface area contributed by atoms with Gasteiger partial charge in [-0.25, -0.2) is 0 Å². The number of nitrogens with zero attached hydrogens (tertiary/aromatic N) is 1. The maximum atomic E-state index is 12.3. The number of rotatable bonds is 5. The van der Waals surface area contributed by atoms with Gasteiger partial charge in [-0.3, -0.25) is 9.59 Å². The fraction of sp³-hybridized carbons (Fsp3) is 0.158. The summed E-state index contributed by atoms with van der Waals surface area (Å²) in [6.45, 7) is 1.93. The maximum Gasteiger partial charge on any atom is 0.291 e. The maximum absolute atomic E-state index is 12.3. The largest absolute Gasteiger partial charge is 0.506 e. The van der Waals surface area contributed by atoms with E-state index in [1.807, 2.05) is 37.3 Å². The van der Waals surface area contributed by atoms with Gasteiger partial charge in [-0.15, -0.1) is 0 Å². The predicted octanol–water partition coefficient (Wildman–Crippen LogP) is 2.47. The van der Waals surface area contributed by atoms with Gasteiger partial charge in [0.15, 0.2) is 0 Å². The molecule has 0 aliphatic heterocycles. The molecule has 122 valence electrons. The number of aromatic hydroxyl groups is 1. The highest BCUT2D eigenvalue weighted by atomic mass is 16.3. The second-order valence-corrected chi connectivity index (χ2v) is 5.66. The molecule has 1 amide bonds. The Morgan fingerprint density at radius 2 is 1.79 bits per heavy atom. The molecule has 5 nitrogen and oxygen atoms in total. The topological polar surface area (TPSA) is 84.8 Å². The number of hydrogen-bond donors (Lipinski definition) is 2. The van der Waals surface area contributed by atoms with Gasteiger partial charge in [0.05, 0.1) is 6.20 Å². The number of carbonyl (C=O) groups excluding carboxylic acids is 2. The van der Waals surface area contributed by atoms with Crippen LogP contribution in [-0.2, 0) is 17.6 Å². The van der Waals surface area contributed by atoms with Crippen molar-refractivity contribution >= 4 is 17.2 Å². The molecule has 0 atom stereocenters. The SMILES string of the molecule is CCc1c(Cc2ccccc2)c2ccc(O)cn2c1C(=O)C(N)=O. The van der Waals surface area contributed by atoms with E-state index in [-0.39, 0.29) is 11.4 Å². The minimum atomic E-state index is -1.00. The van der Waals surface area contributed by atoms with Crippen molar-refractivity contribution in [3.8, 4) is 5.75 Å². The Morgan fingerprint density at radius 3 is 2.42 bits per heavy atom. The zero-order valence-corrected chi connectivity index (χ0v) is 13.3. The molecule has 0 saturated heterocycles. The highest BCUT2D eigenvalue weighted by Crippen LogP contribution is 2.29. The van der Waals surface area contributed by atoms with Gasteiger partial charge >= 0.3 is 0 Å². The minimum Gasteiger partial charge on any atom is -0.506 e. The average Bonchev–Trinajstić information content (AvgIpc) is 2.87. The second-order valence-electron chi connectivity index (χ2n) is 5.66. The van der Waals surface area contributed by atoms with E-state index in [4.69, 9.17) is 5.73 Å². The first-order chi connectivity index (χ1) is 11.5. The van der Waals surface area contributed by atoms with Crippen molar-refractivity contribution in [2.24, 2.45) is 5.73 Å². The number of benzene rings is 1. The normalized spacial score (nSPS) is 10.9. The zero-order chi connectivity index (χ0) is 17.3. The summed E-state index contributed by atoms with van der Waals surface area (Å²) in [5, 5.41) is 9.79. The summed E-state index contributed by atoms with van der Waals surface area (Å²) in [5.41, 5.74) is 9.10. The lowest BCUT2D eigenvalue weighted by Crippen LogP contribution is -2.25. The third-order valence-electron chi connectivity index (χ3n) is 4.15. The van der Waals surface area contributed by atoms with Gasteiger partial charge in [0.25, 0.3) is 11.7 Å². The van der Waals surface area contributed by atoms with E-state index in [2.05, 4.69) is 0 Å². The summed E-state index contributed by atoms with van der Waals surface area (Å²) in [5.74, 6) is -1.73.